The monoisotopic (exact) mass is 362 g/mol. The summed E-state index contributed by atoms with van der Waals surface area (Å²) in [6, 6.07) is 14.7. The van der Waals surface area contributed by atoms with Crippen LogP contribution < -0.4 is 9.47 Å². The van der Waals surface area contributed by atoms with Gasteiger partial charge in [0, 0.05) is 18.2 Å². The smallest absolute Gasteiger partial charge is 0.280 e. The highest BCUT2D eigenvalue weighted by Crippen LogP contribution is 2.43. The molecule has 3 aromatic rings. The predicted molar refractivity (Wildman–Crippen MR) is 102 cm³/mol. The van der Waals surface area contributed by atoms with Gasteiger partial charge in [-0.1, -0.05) is 24.3 Å². The van der Waals surface area contributed by atoms with Gasteiger partial charge in [0.15, 0.2) is 0 Å². The van der Waals surface area contributed by atoms with Crippen molar-refractivity contribution in [3.8, 4) is 28.6 Å². The van der Waals surface area contributed by atoms with Gasteiger partial charge in [-0.25, -0.2) is 4.99 Å². The molecule has 0 radical (unpaired) electrons. The Bertz CT molecular complexity index is 1100. The summed E-state index contributed by atoms with van der Waals surface area (Å²) in [5.74, 6) is 0.766. The van der Waals surface area contributed by atoms with Crippen molar-refractivity contribution < 1.29 is 19.4 Å². The van der Waals surface area contributed by atoms with Gasteiger partial charge in [0.1, 0.15) is 11.5 Å². The number of nitrogens with zero attached hydrogens (tertiary/aromatic N) is 2. The normalized spacial score (nSPS) is 12.7. The fourth-order valence-corrected chi connectivity index (χ4v) is 3.51. The van der Waals surface area contributed by atoms with Gasteiger partial charge in [-0.3, -0.25) is 4.79 Å². The Morgan fingerprint density at radius 2 is 1.44 bits per heavy atom. The van der Waals surface area contributed by atoms with Crippen LogP contribution in [0.4, 0.5) is 0 Å². The number of hydrogen-bond acceptors (Lipinski definition) is 4. The number of benzene rings is 2. The molecule has 0 bridgehead atoms. The van der Waals surface area contributed by atoms with E-state index in [-0.39, 0.29) is 5.88 Å². The number of para-hydroxylation sites is 2. The van der Waals surface area contributed by atoms with Crippen LogP contribution >= 0.6 is 0 Å². The second-order valence-electron chi connectivity index (χ2n) is 6.15. The number of aromatic hydroxyl groups is 1. The van der Waals surface area contributed by atoms with E-state index >= 15 is 0 Å². The molecule has 1 aliphatic heterocycles. The van der Waals surface area contributed by atoms with Crippen molar-refractivity contribution >= 4 is 11.6 Å². The number of fused-ring (bicyclic) bond motifs is 1. The molecule has 4 rings (SSSR count). The van der Waals surface area contributed by atoms with Crippen molar-refractivity contribution in [2.75, 3.05) is 14.2 Å². The largest absolute Gasteiger partial charge is 0.496 e. The molecule has 1 aliphatic rings. The summed E-state index contributed by atoms with van der Waals surface area (Å²) in [6.45, 7) is 0. The molecular weight excluding hydrogens is 344 g/mol. The van der Waals surface area contributed by atoms with E-state index in [0.717, 1.165) is 0 Å². The minimum atomic E-state index is -0.400. The average Bonchev–Trinajstić information content (AvgIpc) is 3.17. The Morgan fingerprint density at radius 1 is 0.889 bits per heavy atom. The molecule has 0 unspecified atom stereocenters. The maximum atomic E-state index is 12.8. The Balaban J connectivity index is 1.99. The molecule has 0 atom stereocenters. The van der Waals surface area contributed by atoms with E-state index in [1.807, 2.05) is 42.5 Å². The second-order valence-corrected chi connectivity index (χ2v) is 6.15. The lowest BCUT2D eigenvalue weighted by atomic mass is 9.99. The van der Waals surface area contributed by atoms with Crippen LogP contribution in [0.2, 0.25) is 0 Å². The zero-order valence-corrected chi connectivity index (χ0v) is 15.2. The Kier molecular flexibility index (Phi) is 3.96. The van der Waals surface area contributed by atoms with E-state index in [2.05, 4.69) is 4.99 Å². The summed E-state index contributed by atoms with van der Waals surface area (Å²) in [6.07, 6.45) is 0. The first-order valence-electron chi connectivity index (χ1n) is 8.40. The molecule has 136 valence electrons. The molecule has 0 saturated heterocycles. The molecule has 1 aromatic heterocycles. The molecule has 2 heterocycles. The third-order valence-corrected chi connectivity index (χ3v) is 4.75. The van der Waals surface area contributed by atoms with E-state index in [9.17, 15) is 9.90 Å². The fraction of sp³-hybridized carbons (Fsp3) is 0.143. The maximum absolute atomic E-state index is 12.8. The zero-order valence-electron chi connectivity index (χ0n) is 15.2. The Hall–Kier alpha value is -3.54. The molecule has 0 saturated carbocycles. The Labute approximate surface area is 156 Å². The first-order chi connectivity index (χ1) is 13.1. The predicted octanol–water partition coefficient (Wildman–Crippen LogP) is 3.41. The van der Waals surface area contributed by atoms with Crippen LogP contribution in [0.5, 0.6) is 17.4 Å². The standard InChI is InChI=1S/C21H18N2O4/c1-23-19(13-9-5-7-11-15(13)27-3)17-16(21(23)25)18(22-20(17)24)12-8-4-6-10-14(12)26-2/h4-11,25H,1-3H3. The number of ether oxygens (including phenoxy) is 2. The molecule has 0 fully saturated rings. The summed E-state index contributed by atoms with van der Waals surface area (Å²) in [5.41, 5.74) is 3.11. The lowest BCUT2D eigenvalue weighted by Crippen LogP contribution is -2.03. The summed E-state index contributed by atoms with van der Waals surface area (Å²) in [5, 5.41) is 10.8. The van der Waals surface area contributed by atoms with Crippen molar-refractivity contribution in [3.05, 3.63) is 65.2 Å². The maximum Gasteiger partial charge on any atom is 0.280 e. The summed E-state index contributed by atoms with van der Waals surface area (Å²) in [4.78, 5) is 17.0. The van der Waals surface area contributed by atoms with Gasteiger partial charge in [-0.15, -0.1) is 0 Å². The van der Waals surface area contributed by atoms with Gasteiger partial charge < -0.3 is 19.1 Å². The molecule has 2 aromatic carbocycles. The number of carbonyl (C=O) groups excluding carboxylic acids is 1. The van der Waals surface area contributed by atoms with Crippen molar-refractivity contribution in [1.82, 2.24) is 4.57 Å². The van der Waals surface area contributed by atoms with Crippen LogP contribution in [0, 0.1) is 0 Å². The van der Waals surface area contributed by atoms with Gasteiger partial charge in [0.25, 0.3) is 5.91 Å². The molecule has 0 aliphatic carbocycles. The number of methoxy groups -OCH3 is 2. The topological polar surface area (TPSA) is 73.0 Å². The van der Waals surface area contributed by atoms with Crippen LogP contribution in [0.15, 0.2) is 53.5 Å². The van der Waals surface area contributed by atoms with E-state index in [1.54, 1.807) is 31.9 Å². The van der Waals surface area contributed by atoms with Crippen molar-refractivity contribution in [3.63, 3.8) is 0 Å². The number of aromatic nitrogens is 1. The Morgan fingerprint density at radius 3 is 2.07 bits per heavy atom. The van der Waals surface area contributed by atoms with E-state index < -0.39 is 5.91 Å². The van der Waals surface area contributed by atoms with Crippen molar-refractivity contribution in [2.24, 2.45) is 12.0 Å². The number of amides is 1. The van der Waals surface area contributed by atoms with Gasteiger partial charge in [0.05, 0.1) is 36.8 Å². The molecule has 0 spiro atoms. The van der Waals surface area contributed by atoms with E-state index in [4.69, 9.17) is 9.47 Å². The van der Waals surface area contributed by atoms with Crippen LogP contribution in [0.3, 0.4) is 0 Å². The number of hydrogen-bond donors (Lipinski definition) is 1. The van der Waals surface area contributed by atoms with Crippen LogP contribution in [-0.4, -0.2) is 35.5 Å². The molecule has 6 heteroatoms. The van der Waals surface area contributed by atoms with Crippen molar-refractivity contribution in [2.45, 2.75) is 0 Å². The third kappa shape index (κ3) is 2.41. The van der Waals surface area contributed by atoms with Gasteiger partial charge in [-0.05, 0) is 24.3 Å². The number of carbonyl (C=O) groups is 1. The van der Waals surface area contributed by atoms with E-state index in [0.29, 0.717) is 45.2 Å². The number of aliphatic imine (C=N–C) groups is 1. The lowest BCUT2D eigenvalue weighted by Gasteiger charge is -2.11. The zero-order chi connectivity index (χ0) is 19.1. The molecule has 1 amide bonds. The van der Waals surface area contributed by atoms with Gasteiger partial charge in [-0.2, -0.15) is 0 Å². The van der Waals surface area contributed by atoms with E-state index in [1.165, 1.54) is 0 Å². The molecule has 1 N–H and O–H groups in total. The SMILES string of the molecule is COc1ccccc1C1=NC(=O)c2c1c(O)n(C)c2-c1ccccc1OC. The average molecular weight is 362 g/mol. The molecular formula is C21H18N2O4. The first kappa shape index (κ1) is 16.9. The highest BCUT2D eigenvalue weighted by atomic mass is 16.5. The lowest BCUT2D eigenvalue weighted by molar-refractivity contribution is 0.101. The molecule has 6 nitrogen and oxygen atoms in total. The fourth-order valence-electron chi connectivity index (χ4n) is 3.51. The quantitative estimate of drug-likeness (QED) is 0.772. The van der Waals surface area contributed by atoms with Crippen LogP contribution in [-0.2, 0) is 7.05 Å². The molecule has 27 heavy (non-hydrogen) atoms. The van der Waals surface area contributed by atoms with Crippen LogP contribution in [0.1, 0.15) is 21.5 Å². The third-order valence-electron chi connectivity index (χ3n) is 4.75. The summed E-state index contributed by atoms with van der Waals surface area (Å²) < 4.78 is 12.4. The second kappa shape index (κ2) is 6.32. The van der Waals surface area contributed by atoms with Gasteiger partial charge >= 0.3 is 0 Å². The highest BCUT2D eigenvalue weighted by Gasteiger charge is 2.36. The number of rotatable bonds is 4. The van der Waals surface area contributed by atoms with Crippen LogP contribution in [0.25, 0.3) is 11.3 Å². The van der Waals surface area contributed by atoms with Gasteiger partial charge in [0.2, 0.25) is 5.88 Å². The highest BCUT2D eigenvalue weighted by molar-refractivity contribution is 6.31. The first-order valence-corrected chi connectivity index (χ1v) is 8.40. The summed E-state index contributed by atoms with van der Waals surface area (Å²) >= 11 is 0. The minimum absolute atomic E-state index is 0.0265. The van der Waals surface area contributed by atoms with Crippen molar-refractivity contribution in [1.29, 1.82) is 0 Å². The minimum Gasteiger partial charge on any atom is -0.496 e. The summed E-state index contributed by atoms with van der Waals surface area (Å²) in [7, 11) is 4.84.